The van der Waals surface area contributed by atoms with E-state index in [1.54, 1.807) is 18.2 Å². The maximum absolute atomic E-state index is 12.7. The van der Waals surface area contributed by atoms with Crippen LogP contribution in [0.25, 0.3) is 0 Å². The topological polar surface area (TPSA) is 26.3 Å². The molecular weight excluding hydrogens is 271 g/mol. The van der Waals surface area contributed by atoms with Gasteiger partial charge < -0.3 is 4.74 Å². The average molecular weight is 287 g/mol. The Bertz CT molecular complexity index is 451. The molecule has 0 unspecified atom stereocenters. The average Bonchev–Trinajstić information content (AvgIpc) is 2.82. The first kappa shape index (κ1) is 13.9. The van der Waals surface area contributed by atoms with Gasteiger partial charge >= 0.3 is 0 Å². The van der Waals surface area contributed by atoms with Gasteiger partial charge in [-0.05, 0) is 50.8 Å². The van der Waals surface area contributed by atoms with E-state index in [1.807, 2.05) is 6.92 Å². The SMILES string of the molecule is CCOC1(C(=O)c2cc(Cl)ccc2Cl)CCCC1. The van der Waals surface area contributed by atoms with Crippen molar-refractivity contribution < 1.29 is 9.53 Å². The molecule has 1 aliphatic carbocycles. The van der Waals surface area contributed by atoms with Crippen molar-refractivity contribution in [1.82, 2.24) is 0 Å². The summed E-state index contributed by atoms with van der Waals surface area (Å²) in [7, 11) is 0. The predicted octanol–water partition coefficient (Wildman–Crippen LogP) is 4.53. The van der Waals surface area contributed by atoms with Crippen LogP contribution in [0.3, 0.4) is 0 Å². The Morgan fingerprint density at radius 2 is 2.00 bits per heavy atom. The Morgan fingerprint density at radius 1 is 1.33 bits per heavy atom. The molecule has 0 amide bonds. The van der Waals surface area contributed by atoms with Crippen molar-refractivity contribution in [3.63, 3.8) is 0 Å². The van der Waals surface area contributed by atoms with Crippen LogP contribution < -0.4 is 0 Å². The summed E-state index contributed by atoms with van der Waals surface area (Å²) in [5, 5.41) is 0.961. The lowest BCUT2D eigenvalue weighted by molar-refractivity contribution is -0.0163. The zero-order valence-corrected chi connectivity index (χ0v) is 11.9. The number of Topliss-reactive ketones (excluding diaryl/α,β-unsaturated/α-hetero) is 1. The second kappa shape index (κ2) is 5.60. The highest BCUT2D eigenvalue weighted by Gasteiger charge is 2.42. The number of carbonyl (C=O) groups excluding carboxylic acids is 1. The molecule has 2 nitrogen and oxygen atoms in total. The molecule has 0 aliphatic heterocycles. The zero-order valence-electron chi connectivity index (χ0n) is 10.3. The van der Waals surface area contributed by atoms with E-state index in [4.69, 9.17) is 27.9 Å². The van der Waals surface area contributed by atoms with Crippen molar-refractivity contribution in [2.45, 2.75) is 38.2 Å². The minimum atomic E-state index is -0.691. The standard InChI is InChI=1S/C14H16Cl2O2/c1-2-18-14(7-3-4-8-14)13(17)11-9-10(15)5-6-12(11)16/h5-6,9H,2-4,7-8H2,1H3. The molecule has 1 aromatic carbocycles. The van der Waals surface area contributed by atoms with Crippen LogP contribution in [0.1, 0.15) is 43.0 Å². The van der Waals surface area contributed by atoms with Gasteiger partial charge in [0.25, 0.3) is 0 Å². The third-order valence-electron chi connectivity index (χ3n) is 3.42. The fourth-order valence-corrected chi connectivity index (χ4v) is 2.95. The summed E-state index contributed by atoms with van der Waals surface area (Å²) >= 11 is 12.0. The summed E-state index contributed by atoms with van der Waals surface area (Å²) < 4.78 is 5.75. The van der Waals surface area contributed by atoms with Crippen LogP contribution in [0, 0.1) is 0 Å². The van der Waals surface area contributed by atoms with Gasteiger partial charge in [0.1, 0.15) is 5.60 Å². The number of ketones is 1. The summed E-state index contributed by atoms with van der Waals surface area (Å²) in [5.74, 6) is -0.0330. The first-order valence-electron chi connectivity index (χ1n) is 6.23. The Hall–Kier alpha value is -0.570. The molecule has 1 aliphatic rings. The monoisotopic (exact) mass is 286 g/mol. The molecule has 98 valence electrons. The molecule has 2 rings (SSSR count). The molecule has 1 saturated carbocycles. The molecule has 0 N–H and O–H groups in total. The van der Waals surface area contributed by atoms with E-state index in [9.17, 15) is 4.79 Å². The largest absolute Gasteiger partial charge is 0.367 e. The highest BCUT2D eigenvalue weighted by Crippen LogP contribution is 2.38. The van der Waals surface area contributed by atoms with E-state index in [1.165, 1.54) is 0 Å². The number of carbonyl (C=O) groups is 1. The number of hydrogen-bond acceptors (Lipinski definition) is 2. The number of rotatable bonds is 4. The molecule has 1 fully saturated rings. The van der Waals surface area contributed by atoms with Crippen LogP contribution in [0.2, 0.25) is 10.0 Å². The molecule has 0 atom stereocenters. The van der Waals surface area contributed by atoms with Gasteiger partial charge in [0, 0.05) is 17.2 Å². The van der Waals surface area contributed by atoms with Gasteiger partial charge in [-0.3, -0.25) is 4.79 Å². The van der Waals surface area contributed by atoms with Gasteiger partial charge in [-0.1, -0.05) is 23.2 Å². The molecule has 0 spiro atoms. The molecule has 4 heteroatoms. The van der Waals surface area contributed by atoms with E-state index in [-0.39, 0.29) is 5.78 Å². The fourth-order valence-electron chi connectivity index (χ4n) is 2.58. The third-order valence-corrected chi connectivity index (χ3v) is 3.98. The lowest BCUT2D eigenvalue weighted by Crippen LogP contribution is -2.39. The molecule has 0 heterocycles. The van der Waals surface area contributed by atoms with Crippen molar-refractivity contribution in [3.8, 4) is 0 Å². The maximum atomic E-state index is 12.7. The highest BCUT2D eigenvalue weighted by molar-refractivity contribution is 6.36. The lowest BCUT2D eigenvalue weighted by Gasteiger charge is -2.27. The minimum Gasteiger partial charge on any atom is -0.367 e. The normalized spacial score (nSPS) is 17.9. The van der Waals surface area contributed by atoms with Gasteiger partial charge in [0.15, 0.2) is 5.78 Å². The van der Waals surface area contributed by atoms with Crippen molar-refractivity contribution in [2.24, 2.45) is 0 Å². The first-order chi connectivity index (χ1) is 8.59. The predicted molar refractivity (Wildman–Crippen MR) is 73.6 cm³/mol. The van der Waals surface area contributed by atoms with E-state index in [0.29, 0.717) is 22.2 Å². The highest BCUT2D eigenvalue weighted by atomic mass is 35.5. The maximum Gasteiger partial charge on any atom is 0.196 e. The minimum absolute atomic E-state index is 0.0330. The van der Waals surface area contributed by atoms with E-state index < -0.39 is 5.60 Å². The fraction of sp³-hybridized carbons (Fsp3) is 0.500. The Labute approximate surface area is 117 Å². The Morgan fingerprint density at radius 3 is 2.61 bits per heavy atom. The number of benzene rings is 1. The van der Waals surface area contributed by atoms with Crippen molar-refractivity contribution >= 4 is 29.0 Å². The quantitative estimate of drug-likeness (QED) is 0.761. The second-order valence-electron chi connectivity index (χ2n) is 4.59. The van der Waals surface area contributed by atoms with E-state index in [0.717, 1.165) is 25.7 Å². The molecular formula is C14H16Cl2O2. The lowest BCUT2D eigenvalue weighted by atomic mass is 9.91. The van der Waals surface area contributed by atoms with E-state index >= 15 is 0 Å². The summed E-state index contributed by atoms with van der Waals surface area (Å²) in [6.45, 7) is 2.44. The van der Waals surface area contributed by atoms with Crippen LogP contribution in [-0.4, -0.2) is 18.0 Å². The van der Waals surface area contributed by atoms with Crippen LogP contribution >= 0.6 is 23.2 Å². The van der Waals surface area contributed by atoms with Crippen LogP contribution in [0.5, 0.6) is 0 Å². The molecule has 0 bridgehead atoms. The van der Waals surface area contributed by atoms with Gasteiger partial charge in [0.2, 0.25) is 0 Å². The van der Waals surface area contributed by atoms with Gasteiger partial charge in [-0.2, -0.15) is 0 Å². The van der Waals surface area contributed by atoms with Crippen LogP contribution in [0.15, 0.2) is 18.2 Å². The summed E-state index contributed by atoms with van der Waals surface area (Å²) in [5.41, 5.74) is -0.220. The van der Waals surface area contributed by atoms with Gasteiger partial charge in [-0.25, -0.2) is 0 Å². The summed E-state index contributed by atoms with van der Waals surface area (Å²) in [4.78, 5) is 12.7. The molecule has 0 saturated heterocycles. The molecule has 0 radical (unpaired) electrons. The van der Waals surface area contributed by atoms with Crippen LogP contribution in [-0.2, 0) is 4.74 Å². The van der Waals surface area contributed by atoms with Crippen LogP contribution in [0.4, 0.5) is 0 Å². The van der Waals surface area contributed by atoms with Crippen molar-refractivity contribution in [3.05, 3.63) is 33.8 Å². The molecule has 1 aromatic rings. The third kappa shape index (κ3) is 2.56. The Balaban J connectivity index is 2.36. The zero-order chi connectivity index (χ0) is 13.2. The number of halogens is 2. The summed E-state index contributed by atoms with van der Waals surface area (Å²) in [6.07, 6.45) is 3.57. The van der Waals surface area contributed by atoms with E-state index in [2.05, 4.69) is 0 Å². The number of ether oxygens (including phenoxy) is 1. The van der Waals surface area contributed by atoms with Crippen molar-refractivity contribution in [2.75, 3.05) is 6.61 Å². The Kier molecular flexibility index (Phi) is 4.31. The van der Waals surface area contributed by atoms with Gasteiger partial charge in [0.05, 0.1) is 5.02 Å². The molecule has 18 heavy (non-hydrogen) atoms. The first-order valence-corrected chi connectivity index (χ1v) is 6.98. The van der Waals surface area contributed by atoms with Crippen molar-refractivity contribution in [1.29, 1.82) is 0 Å². The smallest absolute Gasteiger partial charge is 0.196 e. The van der Waals surface area contributed by atoms with Gasteiger partial charge in [-0.15, -0.1) is 0 Å². The molecule has 0 aromatic heterocycles. The number of hydrogen-bond donors (Lipinski definition) is 0. The summed E-state index contributed by atoms with van der Waals surface area (Å²) in [6, 6.07) is 4.97. The second-order valence-corrected chi connectivity index (χ2v) is 5.43.